The average molecular weight is 247 g/mol. The van der Waals surface area contributed by atoms with Gasteiger partial charge in [-0.1, -0.05) is 0 Å². The maximum absolute atomic E-state index is 11.9. The number of benzene rings is 1. The van der Waals surface area contributed by atoms with Gasteiger partial charge < -0.3 is 10.7 Å². The molecule has 0 aliphatic heterocycles. The maximum Gasteiger partial charge on any atom is 0.255 e. The van der Waals surface area contributed by atoms with Crippen molar-refractivity contribution in [1.82, 2.24) is 0 Å². The molecule has 0 saturated carbocycles. The molecule has 0 radical (unpaired) electrons. The highest BCUT2D eigenvalue weighted by atomic mass is 32.1. The van der Waals surface area contributed by atoms with E-state index in [0.29, 0.717) is 5.56 Å². The molecule has 0 atom stereocenters. The van der Waals surface area contributed by atoms with Gasteiger partial charge in [0.2, 0.25) is 0 Å². The van der Waals surface area contributed by atoms with E-state index in [0.717, 1.165) is 16.9 Å². The Morgan fingerprint density at radius 3 is 2.76 bits per heavy atom. The highest BCUT2D eigenvalue weighted by Crippen LogP contribution is 2.17. The van der Waals surface area contributed by atoms with Gasteiger partial charge in [-0.05, 0) is 42.1 Å². The summed E-state index contributed by atoms with van der Waals surface area (Å²) in [6.07, 6.45) is 0. The molecule has 0 saturated heterocycles. The zero-order chi connectivity index (χ0) is 12.3. The predicted molar refractivity (Wildman–Crippen MR) is 71.3 cm³/mol. The van der Waals surface area contributed by atoms with Crippen LogP contribution in [-0.2, 0) is 0 Å². The zero-order valence-electron chi connectivity index (χ0n) is 9.36. The van der Waals surface area contributed by atoms with Crippen LogP contribution < -0.4 is 16.6 Å². The molecule has 0 aliphatic rings. The van der Waals surface area contributed by atoms with Crippen LogP contribution in [0.25, 0.3) is 0 Å². The fraction of sp³-hybridized carbons (Fsp3) is 0.0833. The number of rotatable bonds is 3. The van der Waals surface area contributed by atoms with Crippen molar-refractivity contribution in [2.24, 2.45) is 5.84 Å². The lowest BCUT2D eigenvalue weighted by molar-refractivity contribution is 0.102. The van der Waals surface area contributed by atoms with Gasteiger partial charge in [-0.2, -0.15) is 11.3 Å². The first-order chi connectivity index (χ1) is 8.20. The van der Waals surface area contributed by atoms with E-state index in [9.17, 15) is 4.79 Å². The summed E-state index contributed by atoms with van der Waals surface area (Å²) in [6.45, 7) is 1.90. The maximum atomic E-state index is 11.9. The van der Waals surface area contributed by atoms with Gasteiger partial charge in [0.25, 0.3) is 5.91 Å². The lowest BCUT2D eigenvalue weighted by Crippen LogP contribution is -2.13. The molecule has 0 unspecified atom stereocenters. The van der Waals surface area contributed by atoms with Crippen LogP contribution in [0.15, 0.2) is 35.0 Å². The van der Waals surface area contributed by atoms with E-state index in [4.69, 9.17) is 5.84 Å². The molecule has 0 fully saturated rings. The third-order valence-electron chi connectivity index (χ3n) is 2.42. The summed E-state index contributed by atoms with van der Waals surface area (Å²) in [4.78, 5) is 11.9. The van der Waals surface area contributed by atoms with E-state index in [1.165, 1.54) is 0 Å². The fourth-order valence-electron chi connectivity index (χ4n) is 1.51. The summed E-state index contributed by atoms with van der Waals surface area (Å²) >= 11 is 1.54. The van der Waals surface area contributed by atoms with Crippen molar-refractivity contribution in [3.8, 4) is 0 Å². The normalized spacial score (nSPS) is 10.0. The topological polar surface area (TPSA) is 67.2 Å². The van der Waals surface area contributed by atoms with Gasteiger partial charge in [-0.25, -0.2) is 0 Å². The summed E-state index contributed by atoms with van der Waals surface area (Å²) < 4.78 is 0. The number of carbonyl (C=O) groups excluding carboxylic acids is 1. The third-order valence-corrected chi connectivity index (χ3v) is 3.11. The molecule has 17 heavy (non-hydrogen) atoms. The van der Waals surface area contributed by atoms with Crippen LogP contribution in [0.1, 0.15) is 15.9 Å². The van der Waals surface area contributed by atoms with Crippen LogP contribution in [0.3, 0.4) is 0 Å². The van der Waals surface area contributed by atoms with E-state index in [2.05, 4.69) is 10.7 Å². The first kappa shape index (κ1) is 11.6. The molecule has 1 amide bonds. The first-order valence-corrected chi connectivity index (χ1v) is 6.06. The lowest BCUT2D eigenvalue weighted by atomic mass is 10.1. The molecule has 4 nitrogen and oxygen atoms in total. The minimum Gasteiger partial charge on any atom is -0.324 e. The molecule has 2 aromatic rings. The quantitative estimate of drug-likeness (QED) is 0.577. The van der Waals surface area contributed by atoms with Gasteiger partial charge in [0, 0.05) is 10.9 Å². The molecule has 4 N–H and O–H groups in total. The molecular weight excluding hydrogens is 234 g/mol. The second kappa shape index (κ2) is 4.99. The molecule has 0 bridgehead atoms. The van der Waals surface area contributed by atoms with Crippen molar-refractivity contribution in [2.75, 3.05) is 10.7 Å². The van der Waals surface area contributed by atoms with Gasteiger partial charge in [0.1, 0.15) is 0 Å². The average Bonchev–Trinajstić information content (AvgIpc) is 2.81. The third kappa shape index (κ3) is 2.64. The molecule has 2 rings (SSSR count). The lowest BCUT2D eigenvalue weighted by Gasteiger charge is -2.07. The van der Waals surface area contributed by atoms with Crippen molar-refractivity contribution < 1.29 is 4.79 Å². The largest absolute Gasteiger partial charge is 0.324 e. The second-order valence-corrected chi connectivity index (χ2v) is 4.42. The number of nitrogens with one attached hydrogen (secondary N) is 2. The van der Waals surface area contributed by atoms with Gasteiger partial charge in [0.15, 0.2) is 0 Å². The molecule has 1 aromatic heterocycles. The van der Waals surface area contributed by atoms with E-state index < -0.39 is 0 Å². The number of aryl methyl sites for hydroxylation is 1. The highest BCUT2D eigenvalue weighted by molar-refractivity contribution is 7.08. The molecule has 5 heteroatoms. The number of hydrogen-bond donors (Lipinski definition) is 3. The Hall–Kier alpha value is -1.85. The van der Waals surface area contributed by atoms with Gasteiger partial charge in [-0.15, -0.1) is 0 Å². The Morgan fingerprint density at radius 2 is 2.18 bits per heavy atom. The number of anilines is 2. The smallest absolute Gasteiger partial charge is 0.255 e. The number of thiophene rings is 1. The molecule has 1 heterocycles. The summed E-state index contributed by atoms with van der Waals surface area (Å²) in [6, 6.07) is 7.20. The standard InChI is InChI=1S/C12H13N3OS/c1-8-6-9(2-3-11(8)15-13)12(16)14-10-4-5-17-7-10/h2-7,15H,13H2,1H3,(H,14,16). The molecular formula is C12H13N3OS. The summed E-state index contributed by atoms with van der Waals surface area (Å²) in [5.41, 5.74) is 5.77. The Balaban J connectivity index is 2.17. The van der Waals surface area contributed by atoms with Crippen LogP contribution in [0.4, 0.5) is 11.4 Å². The van der Waals surface area contributed by atoms with Crippen molar-refractivity contribution in [3.63, 3.8) is 0 Å². The van der Waals surface area contributed by atoms with Crippen molar-refractivity contribution in [1.29, 1.82) is 0 Å². The van der Waals surface area contributed by atoms with Gasteiger partial charge in [-0.3, -0.25) is 10.6 Å². The van der Waals surface area contributed by atoms with E-state index in [1.54, 1.807) is 29.5 Å². The van der Waals surface area contributed by atoms with Crippen LogP contribution in [0.2, 0.25) is 0 Å². The van der Waals surface area contributed by atoms with Crippen LogP contribution in [0.5, 0.6) is 0 Å². The number of hydrazine groups is 1. The summed E-state index contributed by atoms with van der Waals surface area (Å²) in [7, 11) is 0. The second-order valence-electron chi connectivity index (χ2n) is 3.64. The van der Waals surface area contributed by atoms with Crippen molar-refractivity contribution >= 4 is 28.6 Å². The van der Waals surface area contributed by atoms with E-state index in [1.807, 2.05) is 23.8 Å². The SMILES string of the molecule is Cc1cc(C(=O)Nc2ccsc2)ccc1NN. The Labute approximate surface area is 103 Å². The number of hydrogen-bond acceptors (Lipinski definition) is 4. The van der Waals surface area contributed by atoms with Crippen molar-refractivity contribution in [2.45, 2.75) is 6.92 Å². The van der Waals surface area contributed by atoms with Crippen molar-refractivity contribution in [3.05, 3.63) is 46.2 Å². The molecule has 88 valence electrons. The Kier molecular flexibility index (Phi) is 3.41. The molecule has 0 spiro atoms. The summed E-state index contributed by atoms with van der Waals surface area (Å²) in [5, 5.41) is 6.63. The minimum absolute atomic E-state index is 0.116. The number of nitrogens with two attached hydrogens (primary N) is 1. The van der Waals surface area contributed by atoms with Crippen LogP contribution in [0, 0.1) is 6.92 Å². The Bertz CT molecular complexity index is 523. The number of nitrogen functional groups attached to an aromatic ring is 1. The molecule has 0 aliphatic carbocycles. The zero-order valence-corrected chi connectivity index (χ0v) is 10.2. The predicted octanol–water partition coefficient (Wildman–Crippen LogP) is 2.59. The monoisotopic (exact) mass is 247 g/mol. The summed E-state index contributed by atoms with van der Waals surface area (Å²) in [5.74, 6) is 5.22. The number of amides is 1. The van der Waals surface area contributed by atoms with Gasteiger partial charge >= 0.3 is 0 Å². The first-order valence-electron chi connectivity index (χ1n) is 5.11. The van der Waals surface area contributed by atoms with E-state index in [-0.39, 0.29) is 5.91 Å². The van der Waals surface area contributed by atoms with E-state index >= 15 is 0 Å². The van der Waals surface area contributed by atoms with Crippen LogP contribution >= 0.6 is 11.3 Å². The van der Waals surface area contributed by atoms with Gasteiger partial charge in [0.05, 0.1) is 11.4 Å². The Morgan fingerprint density at radius 1 is 1.35 bits per heavy atom. The minimum atomic E-state index is -0.116. The fourth-order valence-corrected chi connectivity index (χ4v) is 2.09. The number of carbonyl (C=O) groups is 1. The molecule has 1 aromatic carbocycles. The van der Waals surface area contributed by atoms with Crippen LogP contribution in [-0.4, -0.2) is 5.91 Å². The highest BCUT2D eigenvalue weighted by Gasteiger charge is 2.07.